The van der Waals surface area contributed by atoms with Gasteiger partial charge >= 0.3 is 5.97 Å². The number of rotatable bonds is 6. The topological polar surface area (TPSA) is 84.9 Å². The zero-order valence-electron chi connectivity index (χ0n) is 13.2. The van der Waals surface area contributed by atoms with Crippen molar-refractivity contribution < 1.29 is 24.2 Å². The molecule has 6 heteroatoms. The maximum atomic E-state index is 12.4. The molecule has 1 aliphatic rings. The van der Waals surface area contributed by atoms with Crippen molar-refractivity contribution in [2.45, 2.75) is 19.8 Å². The van der Waals surface area contributed by atoms with Crippen molar-refractivity contribution in [2.75, 3.05) is 19.0 Å². The molecule has 2 atom stereocenters. The molecule has 0 radical (unpaired) electrons. The van der Waals surface area contributed by atoms with E-state index >= 15 is 0 Å². The second-order valence-electron chi connectivity index (χ2n) is 5.28. The van der Waals surface area contributed by atoms with Crippen LogP contribution in [0.4, 0.5) is 5.69 Å². The average Bonchev–Trinajstić information content (AvgIpc) is 2.55. The molecule has 6 nitrogen and oxygen atoms in total. The number of nitrogens with one attached hydrogen (secondary N) is 1. The summed E-state index contributed by atoms with van der Waals surface area (Å²) in [7, 11) is 1.54. The highest BCUT2D eigenvalue weighted by Gasteiger charge is 2.34. The summed E-state index contributed by atoms with van der Waals surface area (Å²) in [5.41, 5.74) is 0.554. The number of benzene rings is 1. The molecule has 1 amide bonds. The second-order valence-corrected chi connectivity index (χ2v) is 5.28. The number of anilines is 1. The smallest absolute Gasteiger partial charge is 0.307 e. The molecule has 23 heavy (non-hydrogen) atoms. The number of carboxylic acids is 1. The van der Waals surface area contributed by atoms with E-state index in [9.17, 15) is 14.7 Å². The van der Waals surface area contributed by atoms with Gasteiger partial charge in [-0.15, -0.1) is 0 Å². The monoisotopic (exact) mass is 319 g/mol. The normalized spacial score (nSPS) is 19.9. The number of carboxylic acid groups (broad SMARTS) is 1. The summed E-state index contributed by atoms with van der Waals surface area (Å²) >= 11 is 0. The lowest BCUT2D eigenvalue weighted by molar-refractivity contribution is -0.146. The fourth-order valence-corrected chi connectivity index (χ4v) is 2.63. The van der Waals surface area contributed by atoms with E-state index in [1.165, 1.54) is 0 Å². The molecule has 2 rings (SSSR count). The van der Waals surface area contributed by atoms with Crippen LogP contribution in [0.5, 0.6) is 11.5 Å². The van der Waals surface area contributed by atoms with Crippen LogP contribution in [0.25, 0.3) is 0 Å². The average molecular weight is 319 g/mol. The van der Waals surface area contributed by atoms with Crippen LogP contribution in [0.2, 0.25) is 0 Å². The van der Waals surface area contributed by atoms with Crippen LogP contribution < -0.4 is 14.8 Å². The standard InChI is InChI=1S/C17H21NO5/c1-3-23-15-10-11(8-9-14(15)22-2)18-16(19)12-6-4-5-7-13(12)17(20)21/h4-5,8-10,12-13H,3,6-7H2,1-2H3,(H,18,19)(H,20,21)/t12-,13+/m1/s1. The molecule has 0 unspecified atom stereocenters. The Labute approximate surface area is 135 Å². The molecular weight excluding hydrogens is 298 g/mol. The molecule has 0 heterocycles. The van der Waals surface area contributed by atoms with Crippen molar-refractivity contribution >= 4 is 17.6 Å². The third-order valence-corrected chi connectivity index (χ3v) is 3.82. The highest BCUT2D eigenvalue weighted by atomic mass is 16.5. The molecule has 124 valence electrons. The van der Waals surface area contributed by atoms with Gasteiger partial charge in [-0.2, -0.15) is 0 Å². The lowest BCUT2D eigenvalue weighted by atomic mass is 9.82. The van der Waals surface area contributed by atoms with Gasteiger partial charge in [0.2, 0.25) is 5.91 Å². The zero-order valence-corrected chi connectivity index (χ0v) is 13.2. The highest BCUT2D eigenvalue weighted by Crippen LogP contribution is 2.32. The molecule has 1 aromatic rings. The predicted octanol–water partition coefficient (Wildman–Crippen LogP) is 2.70. The van der Waals surface area contributed by atoms with E-state index < -0.39 is 17.8 Å². The Morgan fingerprint density at radius 3 is 2.52 bits per heavy atom. The number of ether oxygens (including phenoxy) is 2. The fourth-order valence-electron chi connectivity index (χ4n) is 2.63. The zero-order chi connectivity index (χ0) is 16.8. The van der Waals surface area contributed by atoms with Crippen molar-refractivity contribution in [1.82, 2.24) is 0 Å². The van der Waals surface area contributed by atoms with Gasteiger partial charge in [0.25, 0.3) is 0 Å². The van der Waals surface area contributed by atoms with Gasteiger partial charge in [-0.05, 0) is 31.9 Å². The summed E-state index contributed by atoms with van der Waals surface area (Å²) in [5, 5.41) is 12.0. The minimum atomic E-state index is -0.945. The van der Waals surface area contributed by atoms with Gasteiger partial charge in [0, 0.05) is 11.8 Å². The first kappa shape index (κ1) is 16.9. The van der Waals surface area contributed by atoms with Crippen molar-refractivity contribution in [1.29, 1.82) is 0 Å². The van der Waals surface area contributed by atoms with Gasteiger partial charge in [-0.1, -0.05) is 12.2 Å². The lowest BCUT2D eigenvalue weighted by Gasteiger charge is -2.24. The minimum absolute atomic E-state index is 0.297. The van der Waals surface area contributed by atoms with E-state index in [1.807, 2.05) is 19.1 Å². The van der Waals surface area contributed by atoms with Crippen LogP contribution in [0.1, 0.15) is 19.8 Å². The van der Waals surface area contributed by atoms with E-state index in [-0.39, 0.29) is 5.91 Å². The number of carbonyl (C=O) groups excluding carboxylic acids is 1. The van der Waals surface area contributed by atoms with Crippen molar-refractivity contribution in [2.24, 2.45) is 11.8 Å². The highest BCUT2D eigenvalue weighted by molar-refractivity contribution is 5.95. The van der Waals surface area contributed by atoms with E-state index in [0.717, 1.165) is 0 Å². The Balaban J connectivity index is 2.14. The molecule has 0 aromatic heterocycles. The number of carbonyl (C=O) groups is 2. The molecule has 0 spiro atoms. The van der Waals surface area contributed by atoms with Crippen LogP contribution in [0.15, 0.2) is 30.4 Å². The summed E-state index contributed by atoms with van der Waals surface area (Å²) in [5.74, 6) is -1.40. The molecule has 0 saturated carbocycles. The quantitative estimate of drug-likeness (QED) is 0.788. The van der Waals surface area contributed by atoms with Gasteiger partial charge in [-0.25, -0.2) is 0 Å². The number of methoxy groups -OCH3 is 1. The fraction of sp³-hybridized carbons (Fsp3) is 0.412. The third kappa shape index (κ3) is 4.03. The molecule has 0 aliphatic heterocycles. The van der Waals surface area contributed by atoms with E-state index in [2.05, 4.69) is 5.32 Å². The van der Waals surface area contributed by atoms with E-state index in [0.29, 0.717) is 36.6 Å². The van der Waals surface area contributed by atoms with Gasteiger partial charge in [0.15, 0.2) is 11.5 Å². The maximum absolute atomic E-state index is 12.4. The number of hydrogen-bond acceptors (Lipinski definition) is 4. The molecule has 2 N–H and O–H groups in total. The Morgan fingerprint density at radius 2 is 1.91 bits per heavy atom. The lowest BCUT2D eigenvalue weighted by Crippen LogP contribution is -2.34. The third-order valence-electron chi connectivity index (χ3n) is 3.82. The van der Waals surface area contributed by atoms with Crippen LogP contribution in [0, 0.1) is 11.8 Å². The molecule has 0 fully saturated rings. The predicted molar refractivity (Wildman–Crippen MR) is 85.8 cm³/mol. The summed E-state index contributed by atoms with van der Waals surface area (Å²) < 4.78 is 10.7. The largest absolute Gasteiger partial charge is 0.493 e. The molecule has 0 bridgehead atoms. The van der Waals surface area contributed by atoms with Crippen molar-refractivity contribution in [3.05, 3.63) is 30.4 Å². The summed E-state index contributed by atoms with van der Waals surface area (Å²) in [6.45, 7) is 2.33. The van der Waals surface area contributed by atoms with E-state index in [1.54, 1.807) is 25.3 Å². The Kier molecular flexibility index (Phi) is 5.62. The first-order valence-corrected chi connectivity index (χ1v) is 7.56. The second kappa shape index (κ2) is 7.67. The van der Waals surface area contributed by atoms with Crippen molar-refractivity contribution in [3.63, 3.8) is 0 Å². The van der Waals surface area contributed by atoms with Crippen LogP contribution in [-0.4, -0.2) is 30.7 Å². The Hall–Kier alpha value is -2.50. The van der Waals surface area contributed by atoms with Crippen LogP contribution in [0.3, 0.4) is 0 Å². The van der Waals surface area contributed by atoms with Gasteiger partial charge in [0.05, 0.1) is 25.6 Å². The minimum Gasteiger partial charge on any atom is -0.493 e. The van der Waals surface area contributed by atoms with Crippen molar-refractivity contribution in [3.8, 4) is 11.5 Å². The summed E-state index contributed by atoms with van der Waals surface area (Å²) in [4.78, 5) is 23.7. The maximum Gasteiger partial charge on any atom is 0.307 e. The first-order valence-electron chi connectivity index (χ1n) is 7.56. The van der Waals surface area contributed by atoms with Gasteiger partial charge in [0.1, 0.15) is 0 Å². The first-order chi connectivity index (χ1) is 11.1. The number of amides is 1. The molecule has 1 aliphatic carbocycles. The SMILES string of the molecule is CCOc1cc(NC(=O)[C@@H]2CC=CC[C@@H]2C(=O)O)ccc1OC. The number of hydrogen-bond donors (Lipinski definition) is 2. The van der Waals surface area contributed by atoms with Gasteiger partial charge < -0.3 is 19.9 Å². The number of aliphatic carboxylic acids is 1. The molecular formula is C17H21NO5. The van der Waals surface area contributed by atoms with Crippen LogP contribution in [-0.2, 0) is 9.59 Å². The summed E-state index contributed by atoms with van der Waals surface area (Å²) in [6, 6.07) is 5.08. The van der Waals surface area contributed by atoms with Gasteiger partial charge in [-0.3, -0.25) is 9.59 Å². The Bertz CT molecular complexity index is 611. The summed E-state index contributed by atoms with van der Waals surface area (Å²) in [6.07, 6.45) is 4.46. The molecule has 1 aromatic carbocycles. The van der Waals surface area contributed by atoms with Crippen LogP contribution >= 0.6 is 0 Å². The number of allylic oxidation sites excluding steroid dienone is 2. The Morgan fingerprint density at radius 1 is 1.22 bits per heavy atom. The molecule has 0 saturated heterocycles. The van der Waals surface area contributed by atoms with E-state index in [4.69, 9.17) is 9.47 Å².